The highest BCUT2D eigenvalue weighted by Crippen LogP contribution is 2.41. The van der Waals surface area contributed by atoms with Crippen LogP contribution in [0.15, 0.2) is 65.8 Å². The van der Waals surface area contributed by atoms with E-state index < -0.39 is 0 Å². The first-order valence-electron chi connectivity index (χ1n) is 10.5. The SMILES string of the molecule is CCCCCC1=NN(C(=O)N[C@@H]2C[C@H]2c2ccccc2)CC1c1ccccc1. The molecule has 2 aromatic rings. The molecule has 1 aliphatic carbocycles. The Kier molecular flexibility index (Phi) is 5.75. The Morgan fingerprint density at radius 1 is 1.04 bits per heavy atom. The van der Waals surface area contributed by atoms with Crippen molar-refractivity contribution in [3.05, 3.63) is 71.8 Å². The third-order valence-electron chi connectivity index (χ3n) is 5.81. The number of nitrogens with one attached hydrogen (secondary N) is 1. The number of rotatable bonds is 7. The predicted molar refractivity (Wildman–Crippen MR) is 114 cm³/mol. The predicted octanol–water partition coefficient (Wildman–Crippen LogP) is 5.29. The van der Waals surface area contributed by atoms with Gasteiger partial charge in [-0.2, -0.15) is 5.10 Å². The van der Waals surface area contributed by atoms with Crippen molar-refractivity contribution in [2.45, 2.75) is 56.9 Å². The first kappa shape index (κ1) is 18.7. The van der Waals surface area contributed by atoms with Gasteiger partial charge in [0.2, 0.25) is 0 Å². The topological polar surface area (TPSA) is 44.7 Å². The van der Waals surface area contributed by atoms with E-state index in [9.17, 15) is 4.79 Å². The van der Waals surface area contributed by atoms with Crippen molar-refractivity contribution < 1.29 is 4.79 Å². The van der Waals surface area contributed by atoms with Crippen molar-refractivity contribution in [2.75, 3.05) is 6.54 Å². The molecule has 4 heteroatoms. The fourth-order valence-electron chi connectivity index (χ4n) is 4.09. The Hall–Kier alpha value is -2.62. The van der Waals surface area contributed by atoms with E-state index in [2.05, 4.69) is 60.8 Å². The van der Waals surface area contributed by atoms with Crippen LogP contribution in [0, 0.1) is 0 Å². The number of hydrogen-bond acceptors (Lipinski definition) is 2. The minimum absolute atomic E-state index is 0.0603. The van der Waals surface area contributed by atoms with E-state index in [0.717, 1.165) is 25.0 Å². The number of hydrazone groups is 1. The van der Waals surface area contributed by atoms with E-state index in [1.165, 1.54) is 24.0 Å². The van der Waals surface area contributed by atoms with Crippen LogP contribution in [0.4, 0.5) is 4.79 Å². The minimum Gasteiger partial charge on any atom is -0.333 e. The summed E-state index contributed by atoms with van der Waals surface area (Å²) in [5.74, 6) is 0.651. The number of carbonyl (C=O) groups excluding carboxylic acids is 1. The molecule has 0 bridgehead atoms. The first-order chi connectivity index (χ1) is 13.8. The molecule has 4 rings (SSSR count). The number of urea groups is 1. The highest BCUT2D eigenvalue weighted by molar-refractivity contribution is 5.94. The highest BCUT2D eigenvalue weighted by atomic mass is 16.2. The summed E-state index contributed by atoms with van der Waals surface area (Å²) in [7, 11) is 0. The van der Waals surface area contributed by atoms with Crippen molar-refractivity contribution in [1.29, 1.82) is 0 Å². The van der Waals surface area contributed by atoms with Crippen LogP contribution in [0.25, 0.3) is 0 Å². The Morgan fingerprint density at radius 3 is 2.39 bits per heavy atom. The van der Waals surface area contributed by atoms with Gasteiger partial charge in [-0.15, -0.1) is 0 Å². The lowest BCUT2D eigenvalue weighted by Crippen LogP contribution is -2.37. The second-order valence-corrected chi connectivity index (χ2v) is 7.90. The molecule has 1 N–H and O–H groups in total. The summed E-state index contributed by atoms with van der Waals surface area (Å²) in [5, 5.41) is 9.57. The summed E-state index contributed by atoms with van der Waals surface area (Å²) >= 11 is 0. The molecule has 2 aliphatic rings. The zero-order chi connectivity index (χ0) is 19.3. The summed E-state index contributed by atoms with van der Waals surface area (Å²) in [6.07, 6.45) is 5.50. The summed E-state index contributed by atoms with van der Waals surface area (Å²) < 4.78 is 0. The number of benzene rings is 2. The van der Waals surface area contributed by atoms with Crippen molar-refractivity contribution in [2.24, 2.45) is 5.10 Å². The summed E-state index contributed by atoms with van der Waals surface area (Å²) in [6, 6.07) is 21.1. The van der Waals surface area contributed by atoms with Gasteiger partial charge in [0, 0.05) is 23.6 Å². The molecule has 0 radical (unpaired) electrons. The minimum atomic E-state index is -0.0603. The molecule has 3 atom stereocenters. The van der Waals surface area contributed by atoms with Gasteiger partial charge in [-0.25, -0.2) is 9.80 Å². The Bertz CT molecular complexity index is 818. The van der Waals surface area contributed by atoms with Gasteiger partial charge < -0.3 is 5.32 Å². The number of amides is 2. The number of nitrogens with zero attached hydrogens (tertiary/aromatic N) is 2. The summed E-state index contributed by atoms with van der Waals surface area (Å²) in [4.78, 5) is 12.8. The quantitative estimate of drug-likeness (QED) is 0.657. The third-order valence-corrected chi connectivity index (χ3v) is 5.81. The Labute approximate surface area is 167 Å². The van der Waals surface area contributed by atoms with E-state index in [1.807, 2.05) is 12.1 Å². The van der Waals surface area contributed by atoms with E-state index in [4.69, 9.17) is 5.10 Å². The number of hydrogen-bond donors (Lipinski definition) is 1. The second-order valence-electron chi connectivity index (χ2n) is 7.90. The van der Waals surface area contributed by atoms with Crippen LogP contribution in [0.2, 0.25) is 0 Å². The molecule has 0 spiro atoms. The summed E-state index contributed by atoms with van der Waals surface area (Å²) in [5.41, 5.74) is 3.70. The molecule has 146 valence electrons. The van der Waals surface area contributed by atoms with Crippen molar-refractivity contribution in [1.82, 2.24) is 10.3 Å². The Balaban J connectivity index is 1.40. The van der Waals surface area contributed by atoms with Crippen LogP contribution in [-0.2, 0) is 0 Å². The van der Waals surface area contributed by atoms with Crippen LogP contribution in [0.3, 0.4) is 0 Å². The van der Waals surface area contributed by atoms with E-state index in [1.54, 1.807) is 5.01 Å². The maximum absolute atomic E-state index is 12.8. The van der Waals surface area contributed by atoms with Gasteiger partial charge in [0.1, 0.15) is 0 Å². The molecule has 1 aliphatic heterocycles. The number of carbonyl (C=O) groups is 1. The van der Waals surface area contributed by atoms with Gasteiger partial charge >= 0.3 is 6.03 Å². The average molecular weight is 376 g/mol. The third kappa shape index (κ3) is 4.27. The zero-order valence-electron chi connectivity index (χ0n) is 16.6. The van der Waals surface area contributed by atoms with Crippen LogP contribution in [0.5, 0.6) is 0 Å². The van der Waals surface area contributed by atoms with Gasteiger partial charge in [0.05, 0.1) is 6.54 Å². The van der Waals surface area contributed by atoms with E-state index in [0.29, 0.717) is 12.5 Å². The molecular weight excluding hydrogens is 346 g/mol. The van der Waals surface area contributed by atoms with Crippen LogP contribution in [-0.4, -0.2) is 29.3 Å². The molecule has 1 heterocycles. The van der Waals surface area contributed by atoms with E-state index in [-0.39, 0.29) is 18.0 Å². The fourth-order valence-corrected chi connectivity index (χ4v) is 4.09. The molecule has 2 aromatic carbocycles. The van der Waals surface area contributed by atoms with Gasteiger partial charge in [0.15, 0.2) is 0 Å². The fraction of sp³-hybridized carbons (Fsp3) is 0.417. The molecule has 1 fully saturated rings. The van der Waals surface area contributed by atoms with Crippen LogP contribution in [0.1, 0.15) is 62.0 Å². The van der Waals surface area contributed by atoms with Crippen molar-refractivity contribution in [3.8, 4) is 0 Å². The lowest BCUT2D eigenvalue weighted by Gasteiger charge is -2.16. The molecule has 28 heavy (non-hydrogen) atoms. The molecule has 0 saturated heterocycles. The van der Waals surface area contributed by atoms with E-state index >= 15 is 0 Å². The summed E-state index contributed by atoms with van der Waals surface area (Å²) in [6.45, 7) is 2.85. The average Bonchev–Trinajstić information content (AvgIpc) is 3.37. The maximum Gasteiger partial charge on any atom is 0.338 e. The first-order valence-corrected chi connectivity index (χ1v) is 10.5. The molecule has 0 aromatic heterocycles. The number of unbranched alkanes of at least 4 members (excludes halogenated alkanes) is 2. The molecule has 1 saturated carbocycles. The highest BCUT2D eigenvalue weighted by Gasteiger charge is 2.41. The molecule has 1 unspecified atom stereocenters. The van der Waals surface area contributed by atoms with Gasteiger partial charge in [0.25, 0.3) is 0 Å². The standard InChI is InChI=1S/C24H29N3O/c1-2-3-6-15-22-21(19-13-9-5-10-14-19)17-27(26-22)24(28)25-23-16-20(23)18-11-7-4-8-12-18/h4-5,7-14,20-21,23H,2-3,6,15-17H2,1H3,(H,25,28)/t20-,21?,23+/m0/s1. The molecular formula is C24H29N3O. The van der Waals surface area contributed by atoms with Gasteiger partial charge in [-0.1, -0.05) is 80.4 Å². The smallest absolute Gasteiger partial charge is 0.333 e. The van der Waals surface area contributed by atoms with Gasteiger partial charge in [-0.3, -0.25) is 0 Å². The lowest BCUT2D eigenvalue weighted by molar-refractivity contribution is 0.203. The maximum atomic E-state index is 12.8. The lowest BCUT2D eigenvalue weighted by atomic mass is 9.92. The normalized spacial score (nSPS) is 23.4. The van der Waals surface area contributed by atoms with Gasteiger partial charge in [-0.05, 0) is 30.4 Å². The monoisotopic (exact) mass is 375 g/mol. The zero-order valence-corrected chi connectivity index (χ0v) is 16.6. The molecule has 2 amide bonds. The second kappa shape index (κ2) is 8.59. The van der Waals surface area contributed by atoms with Crippen molar-refractivity contribution >= 4 is 11.7 Å². The van der Waals surface area contributed by atoms with Crippen LogP contribution >= 0.6 is 0 Å². The Morgan fingerprint density at radius 2 is 1.71 bits per heavy atom. The van der Waals surface area contributed by atoms with Crippen LogP contribution < -0.4 is 5.32 Å². The largest absolute Gasteiger partial charge is 0.338 e. The molecule has 4 nitrogen and oxygen atoms in total. The van der Waals surface area contributed by atoms with Crippen molar-refractivity contribution in [3.63, 3.8) is 0 Å².